The second-order valence-electron chi connectivity index (χ2n) is 7.14. The molecule has 0 bridgehead atoms. The van der Waals surface area contributed by atoms with Crippen molar-refractivity contribution < 1.29 is 4.79 Å². The second-order valence-corrected chi connectivity index (χ2v) is 7.14. The Morgan fingerprint density at radius 1 is 1.00 bits per heavy atom. The lowest BCUT2D eigenvalue weighted by Crippen LogP contribution is -2.28. The lowest BCUT2D eigenvalue weighted by Gasteiger charge is -2.21. The monoisotopic (exact) mass is 399 g/mol. The number of benzene rings is 2. The van der Waals surface area contributed by atoms with E-state index in [4.69, 9.17) is 0 Å². The smallest absolute Gasteiger partial charge is 0.271 e. The number of rotatable bonds is 8. The first-order valence-electron chi connectivity index (χ1n) is 10.2. The van der Waals surface area contributed by atoms with E-state index in [1.807, 2.05) is 48.7 Å². The fourth-order valence-electron chi connectivity index (χ4n) is 3.51. The normalized spacial score (nSPS) is 10.8. The molecule has 0 atom stereocenters. The molecule has 152 valence electrons. The van der Waals surface area contributed by atoms with Gasteiger partial charge in [-0.2, -0.15) is 0 Å². The highest BCUT2D eigenvalue weighted by molar-refractivity contribution is 5.92. The van der Waals surface area contributed by atoms with Gasteiger partial charge in [0.1, 0.15) is 0 Å². The summed E-state index contributed by atoms with van der Waals surface area (Å²) >= 11 is 0. The third-order valence-electron chi connectivity index (χ3n) is 5.16. The van der Waals surface area contributed by atoms with E-state index in [1.165, 1.54) is 16.5 Å². The van der Waals surface area contributed by atoms with Gasteiger partial charge in [-0.1, -0.05) is 48.5 Å². The van der Waals surface area contributed by atoms with E-state index < -0.39 is 0 Å². The molecule has 2 aromatic carbocycles. The number of carbonyl (C=O) groups excluding carboxylic acids is 1. The van der Waals surface area contributed by atoms with E-state index in [0.29, 0.717) is 12.2 Å². The van der Waals surface area contributed by atoms with Crippen LogP contribution in [0.4, 0.5) is 5.82 Å². The van der Waals surface area contributed by atoms with Gasteiger partial charge >= 0.3 is 0 Å². The maximum absolute atomic E-state index is 12.4. The number of aromatic amines is 1. The molecule has 2 N–H and O–H groups in total. The van der Waals surface area contributed by atoms with E-state index >= 15 is 0 Å². The van der Waals surface area contributed by atoms with Gasteiger partial charge in [0, 0.05) is 36.7 Å². The molecule has 0 aliphatic rings. The van der Waals surface area contributed by atoms with Crippen molar-refractivity contribution in [2.45, 2.75) is 19.9 Å². The van der Waals surface area contributed by atoms with Crippen molar-refractivity contribution in [1.82, 2.24) is 20.5 Å². The maximum atomic E-state index is 12.4. The predicted molar refractivity (Wildman–Crippen MR) is 120 cm³/mol. The fraction of sp³-hybridized carbons (Fsp3) is 0.208. The molecular weight excluding hydrogens is 374 g/mol. The molecule has 0 spiro atoms. The van der Waals surface area contributed by atoms with Crippen molar-refractivity contribution >= 4 is 22.6 Å². The summed E-state index contributed by atoms with van der Waals surface area (Å²) in [6.45, 7) is 4.18. The summed E-state index contributed by atoms with van der Waals surface area (Å²) in [5.41, 5.74) is 3.83. The first kappa shape index (κ1) is 19.6. The molecule has 6 nitrogen and oxygen atoms in total. The Kier molecular flexibility index (Phi) is 6.03. The average Bonchev–Trinajstić information content (AvgIpc) is 3.21. The van der Waals surface area contributed by atoms with Crippen LogP contribution in [0.5, 0.6) is 0 Å². The molecule has 2 aromatic heterocycles. The van der Waals surface area contributed by atoms with E-state index in [9.17, 15) is 4.79 Å². The van der Waals surface area contributed by atoms with Crippen LogP contribution < -0.4 is 10.2 Å². The Morgan fingerprint density at radius 2 is 1.80 bits per heavy atom. The SMILES string of the molecule is CCN(Cc1ccccc1)c1ccc(C(=O)NCCc2c[nH]c3ccccc23)nn1. The van der Waals surface area contributed by atoms with Crippen LogP contribution in [0.15, 0.2) is 72.9 Å². The lowest BCUT2D eigenvalue weighted by atomic mass is 10.1. The zero-order valence-electron chi connectivity index (χ0n) is 17.0. The quantitative estimate of drug-likeness (QED) is 0.470. The molecule has 0 saturated carbocycles. The fourth-order valence-corrected chi connectivity index (χ4v) is 3.51. The number of aromatic nitrogens is 3. The molecule has 1 amide bonds. The van der Waals surface area contributed by atoms with Gasteiger partial charge in [0.15, 0.2) is 11.5 Å². The number of H-pyrrole nitrogens is 1. The number of para-hydroxylation sites is 1. The third kappa shape index (κ3) is 4.49. The van der Waals surface area contributed by atoms with Gasteiger partial charge in [0.05, 0.1) is 0 Å². The molecule has 30 heavy (non-hydrogen) atoms. The van der Waals surface area contributed by atoms with Gasteiger partial charge < -0.3 is 15.2 Å². The Morgan fingerprint density at radius 3 is 2.57 bits per heavy atom. The van der Waals surface area contributed by atoms with Crippen LogP contribution in [0, 0.1) is 0 Å². The first-order chi connectivity index (χ1) is 14.7. The van der Waals surface area contributed by atoms with Crippen molar-refractivity contribution in [1.29, 1.82) is 0 Å². The van der Waals surface area contributed by atoms with E-state index in [-0.39, 0.29) is 5.91 Å². The summed E-state index contributed by atoms with van der Waals surface area (Å²) in [6, 6.07) is 22.0. The summed E-state index contributed by atoms with van der Waals surface area (Å²) in [4.78, 5) is 17.8. The molecular formula is C24H25N5O. The molecule has 4 rings (SSSR count). The molecule has 2 heterocycles. The van der Waals surface area contributed by atoms with Crippen molar-refractivity contribution in [3.63, 3.8) is 0 Å². The Labute approximate surface area is 176 Å². The third-order valence-corrected chi connectivity index (χ3v) is 5.16. The number of hydrogen-bond donors (Lipinski definition) is 2. The zero-order valence-corrected chi connectivity index (χ0v) is 17.0. The minimum absolute atomic E-state index is 0.208. The van der Waals surface area contributed by atoms with E-state index in [1.54, 1.807) is 6.07 Å². The average molecular weight is 399 g/mol. The molecule has 0 fully saturated rings. The summed E-state index contributed by atoms with van der Waals surface area (Å²) in [6.07, 6.45) is 2.75. The van der Waals surface area contributed by atoms with Crippen molar-refractivity contribution in [3.05, 3.63) is 89.7 Å². The number of nitrogens with one attached hydrogen (secondary N) is 2. The van der Waals surface area contributed by atoms with Gasteiger partial charge in [-0.25, -0.2) is 0 Å². The van der Waals surface area contributed by atoms with E-state index in [0.717, 1.165) is 30.8 Å². The highest BCUT2D eigenvalue weighted by Gasteiger charge is 2.12. The molecule has 0 unspecified atom stereocenters. The number of hydrogen-bond acceptors (Lipinski definition) is 4. The summed E-state index contributed by atoms with van der Waals surface area (Å²) in [5, 5.41) is 12.5. The van der Waals surface area contributed by atoms with Gasteiger partial charge in [-0.15, -0.1) is 10.2 Å². The maximum Gasteiger partial charge on any atom is 0.271 e. The standard InChI is InChI=1S/C24H25N5O/c1-2-29(17-18-8-4-3-5-9-18)23-13-12-22(27-28-23)24(30)25-15-14-19-16-26-21-11-7-6-10-20(19)21/h3-13,16,26H,2,14-15,17H2,1H3,(H,25,30). The van der Waals surface area contributed by atoms with Crippen LogP contribution in [-0.2, 0) is 13.0 Å². The molecule has 4 aromatic rings. The number of nitrogens with zero attached hydrogens (tertiary/aromatic N) is 3. The molecule has 0 aliphatic carbocycles. The summed E-state index contributed by atoms with van der Waals surface area (Å²) < 4.78 is 0. The molecule has 0 aliphatic heterocycles. The number of fused-ring (bicyclic) bond motifs is 1. The van der Waals surface area contributed by atoms with Gasteiger partial charge in [-0.3, -0.25) is 4.79 Å². The van der Waals surface area contributed by atoms with Crippen molar-refractivity contribution in [3.8, 4) is 0 Å². The van der Waals surface area contributed by atoms with Gasteiger partial charge in [-0.05, 0) is 42.7 Å². The highest BCUT2D eigenvalue weighted by Crippen LogP contribution is 2.18. The Bertz CT molecular complexity index is 1110. The second kappa shape index (κ2) is 9.22. The van der Waals surface area contributed by atoms with E-state index in [2.05, 4.69) is 50.5 Å². The molecule has 6 heteroatoms. The largest absolute Gasteiger partial charge is 0.361 e. The summed E-state index contributed by atoms with van der Waals surface area (Å²) in [7, 11) is 0. The van der Waals surface area contributed by atoms with Crippen LogP contribution in [0.2, 0.25) is 0 Å². The predicted octanol–water partition coefficient (Wildman–Crippen LogP) is 3.96. The van der Waals surface area contributed by atoms with Gasteiger partial charge in [0.25, 0.3) is 5.91 Å². The van der Waals surface area contributed by atoms with Crippen LogP contribution in [0.25, 0.3) is 10.9 Å². The molecule has 0 saturated heterocycles. The first-order valence-corrected chi connectivity index (χ1v) is 10.2. The Balaban J connectivity index is 1.34. The highest BCUT2D eigenvalue weighted by atomic mass is 16.1. The number of carbonyl (C=O) groups is 1. The number of anilines is 1. The van der Waals surface area contributed by atoms with Crippen molar-refractivity contribution in [2.75, 3.05) is 18.0 Å². The topological polar surface area (TPSA) is 73.9 Å². The van der Waals surface area contributed by atoms with Crippen LogP contribution >= 0.6 is 0 Å². The van der Waals surface area contributed by atoms with Crippen LogP contribution in [-0.4, -0.2) is 34.2 Å². The zero-order chi connectivity index (χ0) is 20.8. The lowest BCUT2D eigenvalue weighted by molar-refractivity contribution is 0.0948. The molecule has 0 radical (unpaired) electrons. The summed E-state index contributed by atoms with van der Waals surface area (Å²) in [5.74, 6) is 0.552. The number of amides is 1. The minimum atomic E-state index is -0.208. The van der Waals surface area contributed by atoms with Crippen molar-refractivity contribution in [2.24, 2.45) is 0 Å². The van der Waals surface area contributed by atoms with Crippen LogP contribution in [0.1, 0.15) is 28.5 Å². The minimum Gasteiger partial charge on any atom is -0.361 e. The van der Waals surface area contributed by atoms with Crippen LogP contribution in [0.3, 0.4) is 0 Å². The Hall–Kier alpha value is -3.67. The van der Waals surface area contributed by atoms with Gasteiger partial charge in [0.2, 0.25) is 0 Å².